The minimum atomic E-state index is 0.190. The van der Waals surface area contributed by atoms with Crippen molar-refractivity contribution in [2.24, 2.45) is 0 Å². The molecule has 9 heteroatoms. The van der Waals surface area contributed by atoms with Gasteiger partial charge in [0, 0.05) is 29.3 Å². The van der Waals surface area contributed by atoms with Gasteiger partial charge in [-0.3, -0.25) is 0 Å². The van der Waals surface area contributed by atoms with Crippen molar-refractivity contribution in [2.75, 3.05) is 25.3 Å². The Morgan fingerprint density at radius 3 is 2.33 bits per heavy atom. The van der Waals surface area contributed by atoms with Gasteiger partial charge in [-0.15, -0.1) is 0 Å². The van der Waals surface area contributed by atoms with Gasteiger partial charge in [0.1, 0.15) is 17.0 Å². The monoisotopic (exact) mass is 405 g/mol. The van der Waals surface area contributed by atoms with Crippen LogP contribution in [-0.4, -0.2) is 35.2 Å². The Bertz CT molecular complexity index is 1010. The van der Waals surface area contributed by atoms with Gasteiger partial charge in [-0.2, -0.15) is 0 Å². The van der Waals surface area contributed by atoms with Crippen LogP contribution >= 0.6 is 23.2 Å². The maximum absolute atomic E-state index is 6.55. The Labute approximate surface area is 165 Å². The third kappa shape index (κ3) is 3.28. The minimum absolute atomic E-state index is 0.190. The SMILES string of the molecule is COc1cc(OC)c(Cl)c(-c2cc3cnc(N)nc3c(NC3CC3)n2)c1Cl. The summed E-state index contributed by atoms with van der Waals surface area (Å²) in [6.07, 6.45) is 3.82. The summed E-state index contributed by atoms with van der Waals surface area (Å²) in [7, 11) is 3.06. The van der Waals surface area contributed by atoms with Crippen LogP contribution in [0.2, 0.25) is 10.0 Å². The molecule has 0 saturated heterocycles. The molecule has 0 radical (unpaired) electrons. The first-order valence-electron chi connectivity index (χ1n) is 8.32. The van der Waals surface area contributed by atoms with E-state index in [1.54, 1.807) is 12.3 Å². The maximum Gasteiger partial charge on any atom is 0.220 e. The topological polar surface area (TPSA) is 95.2 Å². The van der Waals surface area contributed by atoms with E-state index in [1.807, 2.05) is 6.07 Å². The van der Waals surface area contributed by atoms with E-state index >= 15 is 0 Å². The maximum atomic E-state index is 6.55. The Morgan fingerprint density at radius 1 is 1.07 bits per heavy atom. The van der Waals surface area contributed by atoms with Gasteiger partial charge in [-0.25, -0.2) is 15.0 Å². The molecule has 2 aromatic heterocycles. The quantitative estimate of drug-likeness (QED) is 0.657. The van der Waals surface area contributed by atoms with Crippen LogP contribution < -0.4 is 20.5 Å². The number of ether oxygens (including phenoxy) is 2. The van der Waals surface area contributed by atoms with Crippen molar-refractivity contribution < 1.29 is 9.47 Å². The second kappa shape index (κ2) is 6.90. The number of nitrogen functional groups attached to an aromatic ring is 1. The van der Waals surface area contributed by atoms with E-state index in [1.165, 1.54) is 14.2 Å². The molecule has 1 aliphatic rings. The molecule has 3 aromatic rings. The molecule has 1 aliphatic carbocycles. The fraction of sp³-hybridized carbons (Fsp3) is 0.278. The van der Waals surface area contributed by atoms with Crippen LogP contribution in [0.3, 0.4) is 0 Å². The number of anilines is 2. The van der Waals surface area contributed by atoms with Gasteiger partial charge in [-0.05, 0) is 18.9 Å². The van der Waals surface area contributed by atoms with Crippen LogP contribution in [0, 0.1) is 0 Å². The predicted molar refractivity (Wildman–Crippen MR) is 107 cm³/mol. The molecule has 0 bridgehead atoms. The van der Waals surface area contributed by atoms with Crippen molar-refractivity contribution >= 4 is 45.9 Å². The highest BCUT2D eigenvalue weighted by atomic mass is 35.5. The first kappa shape index (κ1) is 17.9. The molecule has 1 fully saturated rings. The summed E-state index contributed by atoms with van der Waals surface area (Å²) < 4.78 is 10.7. The van der Waals surface area contributed by atoms with Gasteiger partial charge < -0.3 is 20.5 Å². The largest absolute Gasteiger partial charge is 0.495 e. The number of pyridine rings is 1. The third-order valence-electron chi connectivity index (χ3n) is 4.33. The normalized spacial score (nSPS) is 13.6. The summed E-state index contributed by atoms with van der Waals surface area (Å²) in [5, 5.41) is 4.86. The first-order chi connectivity index (χ1) is 13.0. The van der Waals surface area contributed by atoms with Crippen LogP contribution in [0.15, 0.2) is 18.3 Å². The molecule has 140 valence electrons. The Kier molecular flexibility index (Phi) is 4.57. The number of nitrogens with zero attached hydrogens (tertiary/aromatic N) is 3. The average molecular weight is 406 g/mol. The van der Waals surface area contributed by atoms with E-state index in [0.29, 0.717) is 50.2 Å². The molecule has 27 heavy (non-hydrogen) atoms. The molecule has 1 saturated carbocycles. The highest BCUT2D eigenvalue weighted by molar-refractivity contribution is 6.41. The molecule has 0 amide bonds. The van der Waals surface area contributed by atoms with Gasteiger partial charge in [-0.1, -0.05) is 23.2 Å². The van der Waals surface area contributed by atoms with Gasteiger partial charge in [0.2, 0.25) is 5.95 Å². The van der Waals surface area contributed by atoms with Crippen LogP contribution in [-0.2, 0) is 0 Å². The van der Waals surface area contributed by atoms with E-state index in [0.717, 1.165) is 18.2 Å². The van der Waals surface area contributed by atoms with Crippen molar-refractivity contribution in [1.29, 1.82) is 0 Å². The molecule has 4 rings (SSSR count). The average Bonchev–Trinajstić information content (AvgIpc) is 3.47. The lowest BCUT2D eigenvalue weighted by molar-refractivity contribution is 0.395. The van der Waals surface area contributed by atoms with Crippen molar-refractivity contribution in [3.05, 3.63) is 28.4 Å². The third-order valence-corrected chi connectivity index (χ3v) is 5.08. The molecule has 0 spiro atoms. The number of fused-ring (bicyclic) bond motifs is 1. The zero-order valence-corrected chi connectivity index (χ0v) is 16.2. The molecule has 1 aromatic carbocycles. The molecule has 0 aliphatic heterocycles. The second-order valence-electron chi connectivity index (χ2n) is 6.22. The number of rotatable bonds is 5. The number of benzene rings is 1. The first-order valence-corrected chi connectivity index (χ1v) is 9.07. The Morgan fingerprint density at radius 2 is 1.74 bits per heavy atom. The van der Waals surface area contributed by atoms with E-state index in [-0.39, 0.29) is 5.95 Å². The van der Waals surface area contributed by atoms with Crippen LogP contribution in [0.4, 0.5) is 11.8 Å². The second-order valence-corrected chi connectivity index (χ2v) is 6.98. The summed E-state index contributed by atoms with van der Waals surface area (Å²) in [6, 6.07) is 3.83. The summed E-state index contributed by atoms with van der Waals surface area (Å²) >= 11 is 13.1. The Balaban J connectivity index is 1.98. The zero-order valence-electron chi connectivity index (χ0n) is 14.7. The molecule has 0 atom stereocenters. The van der Waals surface area contributed by atoms with E-state index in [4.69, 9.17) is 43.4 Å². The molecular formula is C18H17Cl2N5O2. The van der Waals surface area contributed by atoms with Crippen LogP contribution in [0.1, 0.15) is 12.8 Å². The molecular weight excluding hydrogens is 389 g/mol. The molecule has 3 N–H and O–H groups in total. The van der Waals surface area contributed by atoms with Crippen molar-refractivity contribution in [2.45, 2.75) is 18.9 Å². The highest BCUT2D eigenvalue weighted by Gasteiger charge is 2.25. The van der Waals surface area contributed by atoms with Crippen molar-refractivity contribution in [3.8, 4) is 22.8 Å². The smallest absolute Gasteiger partial charge is 0.220 e. The summed E-state index contributed by atoms with van der Waals surface area (Å²) in [5.74, 6) is 1.70. The van der Waals surface area contributed by atoms with Gasteiger partial charge in [0.15, 0.2) is 5.82 Å². The van der Waals surface area contributed by atoms with Gasteiger partial charge in [0.05, 0.1) is 30.0 Å². The van der Waals surface area contributed by atoms with Gasteiger partial charge >= 0.3 is 0 Å². The van der Waals surface area contributed by atoms with Crippen molar-refractivity contribution in [1.82, 2.24) is 15.0 Å². The molecule has 2 heterocycles. The van der Waals surface area contributed by atoms with Crippen molar-refractivity contribution in [3.63, 3.8) is 0 Å². The summed E-state index contributed by atoms with van der Waals surface area (Å²) in [5.41, 5.74) is 7.49. The van der Waals surface area contributed by atoms with Crippen LogP contribution in [0.25, 0.3) is 22.2 Å². The standard InChI is InChI=1S/C18H17Cl2N5O2/c1-26-11-6-12(27-2)15(20)13(14(11)19)10-5-8-7-22-18(21)25-16(8)17(24-10)23-9-3-4-9/h5-7,9H,3-4H2,1-2H3,(H,23,24)(H2,21,22,25). The zero-order chi connectivity index (χ0) is 19.1. The number of hydrogen-bond acceptors (Lipinski definition) is 7. The van der Waals surface area contributed by atoms with E-state index in [9.17, 15) is 0 Å². The number of hydrogen-bond donors (Lipinski definition) is 2. The summed E-state index contributed by atoms with van der Waals surface area (Å²) in [4.78, 5) is 13.1. The molecule has 7 nitrogen and oxygen atoms in total. The highest BCUT2D eigenvalue weighted by Crippen LogP contribution is 2.46. The summed E-state index contributed by atoms with van der Waals surface area (Å²) in [6.45, 7) is 0. The van der Waals surface area contributed by atoms with Crippen LogP contribution in [0.5, 0.6) is 11.5 Å². The fourth-order valence-corrected chi connectivity index (χ4v) is 3.51. The number of nitrogens with two attached hydrogens (primary N) is 1. The van der Waals surface area contributed by atoms with E-state index in [2.05, 4.69) is 15.3 Å². The molecule has 0 unspecified atom stereocenters. The number of aromatic nitrogens is 3. The number of nitrogens with one attached hydrogen (secondary N) is 1. The predicted octanol–water partition coefficient (Wildman–Crippen LogP) is 4.17. The number of halogens is 2. The lowest BCUT2D eigenvalue weighted by Gasteiger charge is -2.16. The van der Waals surface area contributed by atoms with Gasteiger partial charge in [0.25, 0.3) is 0 Å². The van der Waals surface area contributed by atoms with E-state index < -0.39 is 0 Å². The lowest BCUT2D eigenvalue weighted by atomic mass is 10.1. The fourth-order valence-electron chi connectivity index (χ4n) is 2.81. The lowest BCUT2D eigenvalue weighted by Crippen LogP contribution is -2.07. The number of methoxy groups -OCH3 is 2. The Hall–Kier alpha value is -2.51. The minimum Gasteiger partial charge on any atom is -0.495 e.